The molecule has 5 heteroatoms. The molecule has 1 heterocycles. The van der Waals surface area contributed by atoms with Gasteiger partial charge in [-0.15, -0.1) is 0 Å². The van der Waals surface area contributed by atoms with E-state index in [2.05, 4.69) is 53.4 Å². The van der Waals surface area contributed by atoms with Gasteiger partial charge in [-0.25, -0.2) is 0 Å². The normalized spacial score (nSPS) is 22.1. The molecule has 1 fully saturated rings. The van der Waals surface area contributed by atoms with E-state index in [9.17, 15) is 0 Å². The van der Waals surface area contributed by atoms with Gasteiger partial charge in [0.25, 0.3) is 0 Å². The summed E-state index contributed by atoms with van der Waals surface area (Å²) in [6.07, 6.45) is 0. The summed E-state index contributed by atoms with van der Waals surface area (Å²) in [5, 5.41) is 6.89. The lowest BCUT2D eigenvalue weighted by Crippen LogP contribution is -2.47. The van der Waals surface area contributed by atoms with Gasteiger partial charge >= 0.3 is 0 Å². The fourth-order valence-electron chi connectivity index (χ4n) is 2.99. The Balaban J connectivity index is 1.66. The minimum absolute atomic E-state index is 0.448. The van der Waals surface area contributed by atoms with Gasteiger partial charge in [-0.05, 0) is 25.3 Å². The van der Waals surface area contributed by atoms with E-state index in [0.717, 1.165) is 25.6 Å². The number of hydrogen-bond acceptors (Lipinski definition) is 3. The Hall–Kier alpha value is -1.59. The standard InChI is InChI=1S/C19H32N4O/c1-15(2)23-12-16(3)18(13-23)22-19(20-4)21-10-11-24-14-17-8-6-5-7-9-17/h5-9,15-16,18H,10-14H2,1-4H3,(H2,20,21,22). The Labute approximate surface area is 146 Å². The van der Waals surface area contributed by atoms with E-state index >= 15 is 0 Å². The van der Waals surface area contributed by atoms with Crippen molar-refractivity contribution in [1.82, 2.24) is 15.5 Å². The fraction of sp³-hybridized carbons (Fsp3) is 0.632. The zero-order valence-corrected chi connectivity index (χ0v) is 15.5. The second-order valence-electron chi connectivity index (χ2n) is 6.81. The Morgan fingerprint density at radius 1 is 1.29 bits per heavy atom. The van der Waals surface area contributed by atoms with E-state index in [1.54, 1.807) is 0 Å². The second-order valence-corrected chi connectivity index (χ2v) is 6.81. The summed E-state index contributed by atoms with van der Waals surface area (Å²) in [6, 6.07) is 11.3. The van der Waals surface area contributed by atoms with Gasteiger partial charge in [0.05, 0.1) is 13.2 Å². The molecule has 134 valence electrons. The number of aliphatic imine (C=N–C) groups is 1. The summed E-state index contributed by atoms with van der Waals surface area (Å²) in [7, 11) is 1.82. The molecule has 2 atom stereocenters. The van der Waals surface area contributed by atoms with Crippen molar-refractivity contribution in [3.05, 3.63) is 35.9 Å². The largest absolute Gasteiger partial charge is 0.375 e. The SMILES string of the molecule is CN=C(NCCOCc1ccccc1)NC1CN(C(C)C)CC1C. The topological polar surface area (TPSA) is 48.9 Å². The lowest BCUT2D eigenvalue weighted by atomic mass is 10.1. The van der Waals surface area contributed by atoms with Crippen LogP contribution in [0.5, 0.6) is 0 Å². The van der Waals surface area contributed by atoms with Crippen molar-refractivity contribution in [2.75, 3.05) is 33.3 Å². The number of nitrogens with zero attached hydrogens (tertiary/aromatic N) is 2. The van der Waals surface area contributed by atoms with Crippen LogP contribution in [-0.2, 0) is 11.3 Å². The van der Waals surface area contributed by atoms with Crippen molar-refractivity contribution < 1.29 is 4.74 Å². The van der Waals surface area contributed by atoms with E-state index < -0.39 is 0 Å². The smallest absolute Gasteiger partial charge is 0.191 e. The maximum Gasteiger partial charge on any atom is 0.191 e. The third-order valence-electron chi connectivity index (χ3n) is 4.57. The van der Waals surface area contributed by atoms with E-state index in [-0.39, 0.29) is 0 Å². The summed E-state index contributed by atoms with van der Waals surface area (Å²) in [5.41, 5.74) is 1.20. The summed E-state index contributed by atoms with van der Waals surface area (Å²) >= 11 is 0. The van der Waals surface area contributed by atoms with E-state index in [4.69, 9.17) is 4.74 Å². The molecule has 2 N–H and O–H groups in total. The number of likely N-dealkylation sites (tertiary alicyclic amines) is 1. The molecular weight excluding hydrogens is 300 g/mol. The predicted molar refractivity (Wildman–Crippen MR) is 100 cm³/mol. The van der Waals surface area contributed by atoms with E-state index in [1.807, 2.05) is 25.2 Å². The molecule has 1 saturated heterocycles. The van der Waals surface area contributed by atoms with Gasteiger partial charge in [0, 0.05) is 38.8 Å². The number of guanidine groups is 1. The first kappa shape index (κ1) is 18.7. The van der Waals surface area contributed by atoms with Crippen LogP contribution < -0.4 is 10.6 Å². The van der Waals surface area contributed by atoms with Crippen LogP contribution >= 0.6 is 0 Å². The molecule has 24 heavy (non-hydrogen) atoms. The number of hydrogen-bond donors (Lipinski definition) is 2. The molecule has 5 nitrogen and oxygen atoms in total. The van der Waals surface area contributed by atoms with Crippen molar-refractivity contribution in [1.29, 1.82) is 0 Å². The summed E-state index contributed by atoms with van der Waals surface area (Å²) in [6.45, 7) is 11.1. The van der Waals surface area contributed by atoms with Crippen molar-refractivity contribution in [2.24, 2.45) is 10.9 Å². The highest BCUT2D eigenvalue weighted by Crippen LogP contribution is 2.18. The van der Waals surface area contributed by atoms with Crippen LogP contribution in [0.1, 0.15) is 26.3 Å². The third kappa shape index (κ3) is 5.80. The lowest BCUT2D eigenvalue weighted by Gasteiger charge is -2.22. The Bertz CT molecular complexity index is 503. The molecule has 2 rings (SSSR count). The first-order valence-electron chi connectivity index (χ1n) is 8.93. The molecule has 1 aromatic rings. The highest BCUT2D eigenvalue weighted by Gasteiger charge is 2.31. The molecule has 1 aliphatic heterocycles. The summed E-state index contributed by atoms with van der Waals surface area (Å²) in [5.74, 6) is 1.49. The molecule has 0 bridgehead atoms. The summed E-state index contributed by atoms with van der Waals surface area (Å²) in [4.78, 5) is 6.84. The van der Waals surface area contributed by atoms with Crippen LogP contribution in [0.15, 0.2) is 35.3 Å². The van der Waals surface area contributed by atoms with Crippen LogP contribution in [0.2, 0.25) is 0 Å². The predicted octanol–water partition coefficient (Wildman–Crippen LogP) is 2.10. The molecular formula is C19H32N4O. The zero-order valence-electron chi connectivity index (χ0n) is 15.5. The molecule has 0 spiro atoms. The molecule has 0 aromatic heterocycles. The van der Waals surface area contributed by atoms with Gasteiger partial charge < -0.3 is 15.4 Å². The lowest BCUT2D eigenvalue weighted by molar-refractivity contribution is 0.125. The number of nitrogens with one attached hydrogen (secondary N) is 2. The first-order valence-corrected chi connectivity index (χ1v) is 8.93. The number of benzene rings is 1. The minimum atomic E-state index is 0.448. The van der Waals surface area contributed by atoms with Gasteiger partial charge in [-0.2, -0.15) is 0 Å². The van der Waals surface area contributed by atoms with Crippen molar-refractivity contribution in [2.45, 2.75) is 39.5 Å². The summed E-state index contributed by atoms with van der Waals surface area (Å²) < 4.78 is 5.70. The van der Waals surface area contributed by atoms with E-state index in [0.29, 0.717) is 31.2 Å². The molecule has 0 radical (unpaired) electrons. The van der Waals surface area contributed by atoms with Crippen LogP contribution in [0.25, 0.3) is 0 Å². The molecule has 0 amide bonds. The van der Waals surface area contributed by atoms with Crippen molar-refractivity contribution in [3.63, 3.8) is 0 Å². The number of rotatable bonds is 7. The highest BCUT2D eigenvalue weighted by atomic mass is 16.5. The number of ether oxygens (including phenoxy) is 1. The monoisotopic (exact) mass is 332 g/mol. The maximum absolute atomic E-state index is 5.70. The van der Waals surface area contributed by atoms with Gasteiger partial charge in [-0.3, -0.25) is 9.89 Å². The molecule has 0 aliphatic carbocycles. The highest BCUT2D eigenvalue weighted by molar-refractivity contribution is 5.80. The maximum atomic E-state index is 5.70. The first-order chi connectivity index (χ1) is 11.6. The molecule has 0 saturated carbocycles. The molecule has 1 aromatic carbocycles. The van der Waals surface area contributed by atoms with Crippen molar-refractivity contribution >= 4 is 5.96 Å². The average molecular weight is 332 g/mol. The van der Waals surface area contributed by atoms with Crippen LogP contribution in [0, 0.1) is 5.92 Å². The fourth-order valence-corrected chi connectivity index (χ4v) is 2.99. The Kier molecular flexibility index (Phi) is 7.53. The molecule has 2 unspecified atom stereocenters. The van der Waals surface area contributed by atoms with Gasteiger partial charge in [0.2, 0.25) is 0 Å². The van der Waals surface area contributed by atoms with Crippen molar-refractivity contribution in [3.8, 4) is 0 Å². The quantitative estimate of drug-likeness (QED) is 0.456. The van der Waals surface area contributed by atoms with Crippen LogP contribution in [-0.4, -0.2) is 56.2 Å². The zero-order chi connectivity index (χ0) is 17.4. The van der Waals surface area contributed by atoms with Gasteiger partial charge in [-0.1, -0.05) is 37.3 Å². The average Bonchev–Trinajstić information content (AvgIpc) is 2.95. The van der Waals surface area contributed by atoms with Gasteiger partial charge in [0.1, 0.15) is 0 Å². The Morgan fingerprint density at radius 2 is 2.04 bits per heavy atom. The van der Waals surface area contributed by atoms with E-state index in [1.165, 1.54) is 5.56 Å². The molecule has 1 aliphatic rings. The minimum Gasteiger partial charge on any atom is -0.375 e. The van der Waals surface area contributed by atoms with Crippen LogP contribution in [0.3, 0.4) is 0 Å². The third-order valence-corrected chi connectivity index (χ3v) is 4.57. The Morgan fingerprint density at radius 3 is 2.67 bits per heavy atom. The van der Waals surface area contributed by atoms with Crippen LogP contribution in [0.4, 0.5) is 0 Å². The van der Waals surface area contributed by atoms with Gasteiger partial charge in [0.15, 0.2) is 5.96 Å². The second kappa shape index (κ2) is 9.64.